The number of nitrogens with zero attached hydrogens (tertiary/aromatic N) is 4. The number of rotatable bonds is 4. The van der Waals surface area contributed by atoms with Crippen LogP contribution in [0.25, 0.3) is 5.53 Å². The topological polar surface area (TPSA) is 80.5 Å². The fourth-order valence-electron chi connectivity index (χ4n) is 2.01. The van der Waals surface area contributed by atoms with E-state index in [0.29, 0.717) is 5.69 Å². The van der Waals surface area contributed by atoms with E-state index in [-0.39, 0.29) is 6.54 Å². The molecule has 0 aliphatic rings. The number of carbonyl (C=O) groups excluding carboxylic acids is 1. The molecule has 22 heavy (non-hydrogen) atoms. The van der Waals surface area contributed by atoms with Gasteiger partial charge in [-0.3, -0.25) is 9.69 Å². The van der Waals surface area contributed by atoms with Gasteiger partial charge in [-0.25, -0.2) is 0 Å². The maximum absolute atomic E-state index is 12.4. The third-order valence-corrected chi connectivity index (χ3v) is 3.18. The highest BCUT2D eigenvalue weighted by Crippen LogP contribution is 2.18. The Hall–Kier alpha value is -3.22. The van der Waals surface area contributed by atoms with Crippen molar-refractivity contribution >= 4 is 17.3 Å². The number of aryl methyl sites for hydroxylation is 1. The van der Waals surface area contributed by atoms with E-state index in [0.717, 1.165) is 11.1 Å². The largest absolute Gasteiger partial charge is 0.456 e. The first-order chi connectivity index (χ1) is 10.7. The molecule has 5 heteroatoms. The Morgan fingerprint density at radius 2 is 1.82 bits per heavy atom. The summed E-state index contributed by atoms with van der Waals surface area (Å²) in [5.41, 5.74) is 10.9. The molecule has 0 atom stereocenters. The van der Waals surface area contributed by atoms with Crippen LogP contribution in [-0.4, -0.2) is 16.4 Å². The quantitative estimate of drug-likeness (QED) is 0.493. The molecule has 0 heterocycles. The SMILES string of the molecule is Cc1ccc(N(Cc2ccccc2)C(=O)C(C#N)=[N+]=[N-])cc1. The second kappa shape index (κ2) is 6.98. The molecule has 0 saturated heterocycles. The summed E-state index contributed by atoms with van der Waals surface area (Å²) >= 11 is 0. The van der Waals surface area contributed by atoms with Crippen molar-refractivity contribution in [1.29, 1.82) is 5.26 Å². The summed E-state index contributed by atoms with van der Waals surface area (Å²) in [6.07, 6.45) is 0. The number of nitriles is 1. The minimum absolute atomic E-state index is 0.281. The first-order valence-electron chi connectivity index (χ1n) is 6.70. The zero-order valence-corrected chi connectivity index (χ0v) is 12.1. The Labute approximate surface area is 128 Å². The van der Waals surface area contributed by atoms with Crippen LogP contribution in [0.4, 0.5) is 5.69 Å². The number of hydrogen-bond donors (Lipinski definition) is 0. The standard InChI is InChI=1S/C17H14N4O/c1-13-7-9-15(10-8-13)21(17(22)16(11-18)20-19)12-14-5-3-2-4-6-14/h2-10H,12H2,1H3. The van der Waals surface area contributed by atoms with E-state index >= 15 is 0 Å². The van der Waals surface area contributed by atoms with Crippen LogP contribution in [0.3, 0.4) is 0 Å². The molecule has 108 valence electrons. The third kappa shape index (κ3) is 3.45. The highest BCUT2D eigenvalue weighted by Gasteiger charge is 2.28. The van der Waals surface area contributed by atoms with Gasteiger partial charge in [0.25, 0.3) is 0 Å². The van der Waals surface area contributed by atoms with Gasteiger partial charge < -0.3 is 5.53 Å². The van der Waals surface area contributed by atoms with Crippen molar-refractivity contribution in [2.75, 3.05) is 4.90 Å². The molecule has 0 N–H and O–H groups in total. The summed E-state index contributed by atoms with van der Waals surface area (Å²) in [6, 6.07) is 18.4. The molecule has 5 nitrogen and oxygen atoms in total. The predicted molar refractivity (Wildman–Crippen MR) is 83.1 cm³/mol. The fraction of sp³-hybridized carbons (Fsp3) is 0.118. The highest BCUT2D eigenvalue weighted by atomic mass is 16.2. The van der Waals surface area contributed by atoms with Crippen molar-refractivity contribution in [3.05, 3.63) is 71.3 Å². The van der Waals surface area contributed by atoms with Crippen molar-refractivity contribution in [2.24, 2.45) is 0 Å². The van der Waals surface area contributed by atoms with Crippen molar-refractivity contribution < 1.29 is 9.58 Å². The van der Waals surface area contributed by atoms with Gasteiger partial charge in [-0.2, -0.15) is 5.26 Å². The van der Waals surface area contributed by atoms with Crippen LogP contribution in [0.1, 0.15) is 11.1 Å². The van der Waals surface area contributed by atoms with Crippen LogP contribution in [0, 0.1) is 18.3 Å². The van der Waals surface area contributed by atoms with Crippen molar-refractivity contribution in [2.45, 2.75) is 13.5 Å². The van der Waals surface area contributed by atoms with Gasteiger partial charge in [0, 0.05) is 5.69 Å². The molecular formula is C17H14N4O. The second-order valence-electron chi connectivity index (χ2n) is 4.77. The predicted octanol–water partition coefficient (Wildman–Crippen LogP) is 2.72. The van der Waals surface area contributed by atoms with Gasteiger partial charge >= 0.3 is 11.6 Å². The van der Waals surface area contributed by atoms with Crippen LogP contribution in [-0.2, 0) is 11.3 Å². The lowest BCUT2D eigenvalue weighted by atomic mass is 10.1. The van der Waals surface area contributed by atoms with Crippen LogP contribution < -0.4 is 4.90 Å². The molecule has 2 rings (SSSR count). The maximum Gasteiger partial charge on any atom is 0.456 e. The monoisotopic (exact) mass is 290 g/mol. The van der Waals surface area contributed by atoms with Gasteiger partial charge in [-0.15, -0.1) is 4.79 Å². The minimum Gasteiger partial charge on any atom is -0.360 e. The molecule has 2 aromatic rings. The molecule has 0 radical (unpaired) electrons. The number of carbonyl (C=O) groups is 1. The van der Waals surface area contributed by atoms with E-state index in [1.54, 1.807) is 18.2 Å². The molecule has 0 saturated carbocycles. The minimum atomic E-state index is -0.641. The number of benzene rings is 2. The third-order valence-electron chi connectivity index (χ3n) is 3.18. The average Bonchev–Trinajstić information content (AvgIpc) is 2.55. The maximum atomic E-state index is 12.4. The zero-order valence-electron chi connectivity index (χ0n) is 12.1. The lowest BCUT2D eigenvalue weighted by molar-refractivity contribution is -0.116. The molecule has 0 aromatic heterocycles. The van der Waals surface area contributed by atoms with Crippen molar-refractivity contribution in [3.8, 4) is 6.07 Å². The molecule has 0 aliphatic heterocycles. The van der Waals surface area contributed by atoms with Gasteiger partial charge in [-0.05, 0) is 24.6 Å². The van der Waals surface area contributed by atoms with E-state index in [2.05, 4.69) is 4.79 Å². The Bertz CT molecular complexity index is 753. The Kier molecular flexibility index (Phi) is 4.81. The summed E-state index contributed by atoms with van der Waals surface area (Å²) in [7, 11) is 0. The smallest absolute Gasteiger partial charge is 0.360 e. The van der Waals surface area contributed by atoms with Gasteiger partial charge in [-0.1, -0.05) is 48.0 Å². The summed E-state index contributed by atoms with van der Waals surface area (Å²) in [5.74, 6) is -0.641. The number of anilines is 1. The lowest BCUT2D eigenvalue weighted by Gasteiger charge is -2.20. The van der Waals surface area contributed by atoms with E-state index < -0.39 is 11.6 Å². The van der Waals surface area contributed by atoms with Crippen LogP contribution in [0.5, 0.6) is 0 Å². The fourth-order valence-corrected chi connectivity index (χ4v) is 2.01. The van der Waals surface area contributed by atoms with Gasteiger partial charge in [0.1, 0.15) is 0 Å². The first kappa shape index (κ1) is 15.2. The van der Waals surface area contributed by atoms with E-state index in [9.17, 15) is 4.79 Å². The highest BCUT2D eigenvalue weighted by molar-refractivity contribution is 6.47. The Morgan fingerprint density at radius 1 is 1.18 bits per heavy atom. The van der Waals surface area contributed by atoms with E-state index in [1.807, 2.05) is 49.4 Å². The second-order valence-corrected chi connectivity index (χ2v) is 4.77. The molecule has 1 amide bonds. The molecule has 0 bridgehead atoms. The Morgan fingerprint density at radius 3 is 2.36 bits per heavy atom. The van der Waals surface area contributed by atoms with Crippen molar-refractivity contribution in [3.63, 3.8) is 0 Å². The van der Waals surface area contributed by atoms with Crippen LogP contribution >= 0.6 is 0 Å². The van der Waals surface area contributed by atoms with Gasteiger partial charge in [0.15, 0.2) is 6.07 Å². The summed E-state index contributed by atoms with van der Waals surface area (Å²) < 4.78 is 0. The van der Waals surface area contributed by atoms with Crippen LogP contribution in [0.2, 0.25) is 0 Å². The van der Waals surface area contributed by atoms with Gasteiger partial charge in [0.2, 0.25) is 0 Å². The summed E-state index contributed by atoms with van der Waals surface area (Å²) in [6.45, 7) is 2.23. The zero-order chi connectivity index (χ0) is 15.9. The van der Waals surface area contributed by atoms with E-state index in [1.165, 1.54) is 4.90 Å². The van der Waals surface area contributed by atoms with Crippen molar-refractivity contribution in [1.82, 2.24) is 0 Å². The lowest BCUT2D eigenvalue weighted by Crippen LogP contribution is -2.36. The normalized spacial score (nSPS) is 9.45. The Balaban J connectivity index is 2.40. The molecule has 0 aliphatic carbocycles. The molecular weight excluding hydrogens is 276 g/mol. The molecule has 0 fully saturated rings. The molecule has 0 unspecified atom stereocenters. The molecule has 0 spiro atoms. The van der Waals surface area contributed by atoms with E-state index in [4.69, 9.17) is 10.8 Å². The average molecular weight is 290 g/mol. The molecule has 2 aromatic carbocycles. The number of amides is 1. The number of hydrogen-bond acceptors (Lipinski definition) is 2. The van der Waals surface area contributed by atoms with Gasteiger partial charge in [0.05, 0.1) is 6.54 Å². The summed E-state index contributed by atoms with van der Waals surface area (Å²) in [4.78, 5) is 16.6. The summed E-state index contributed by atoms with van der Waals surface area (Å²) in [5, 5.41) is 8.91. The van der Waals surface area contributed by atoms with Crippen LogP contribution in [0.15, 0.2) is 54.6 Å². The first-order valence-corrected chi connectivity index (χ1v) is 6.70.